The fourth-order valence-corrected chi connectivity index (χ4v) is 4.43. The highest BCUT2D eigenvalue weighted by Gasteiger charge is 2.17. The van der Waals surface area contributed by atoms with Crippen molar-refractivity contribution in [3.8, 4) is 22.5 Å². The molecule has 2 aromatic carbocycles. The molecule has 0 bridgehead atoms. The van der Waals surface area contributed by atoms with E-state index in [-0.39, 0.29) is 0 Å². The Morgan fingerprint density at radius 2 is 1.54 bits per heavy atom. The number of quaternary nitrogens is 1. The van der Waals surface area contributed by atoms with Crippen LogP contribution in [-0.2, 0) is 4.74 Å². The van der Waals surface area contributed by atoms with Gasteiger partial charge >= 0.3 is 0 Å². The molecule has 1 aliphatic heterocycles. The minimum atomic E-state index is 0.718. The molecular formula is C21H22Cl2N3OS+. The van der Waals surface area contributed by atoms with Crippen LogP contribution in [0.15, 0.2) is 53.7 Å². The molecule has 0 spiro atoms. The molecule has 3 aromatic rings. The summed E-state index contributed by atoms with van der Waals surface area (Å²) in [6.07, 6.45) is 0. The van der Waals surface area contributed by atoms with Gasteiger partial charge < -0.3 is 14.6 Å². The van der Waals surface area contributed by atoms with E-state index in [4.69, 9.17) is 32.9 Å². The Kier molecular flexibility index (Phi) is 6.60. The highest BCUT2D eigenvalue weighted by atomic mass is 35.5. The number of aromatic nitrogens is 2. The second-order valence-corrected chi connectivity index (χ2v) is 8.70. The number of thioether (sulfide) groups is 1. The van der Waals surface area contributed by atoms with Crippen LogP contribution in [-0.4, -0.2) is 48.6 Å². The molecular weight excluding hydrogens is 413 g/mol. The maximum Gasteiger partial charge on any atom is 0.166 e. The molecule has 0 atom stereocenters. The van der Waals surface area contributed by atoms with Gasteiger partial charge in [-0.1, -0.05) is 59.2 Å². The Morgan fingerprint density at radius 3 is 2.18 bits per heavy atom. The number of rotatable bonds is 6. The highest BCUT2D eigenvalue weighted by molar-refractivity contribution is 7.99. The van der Waals surface area contributed by atoms with E-state index in [2.05, 4.69) is 4.98 Å². The average molecular weight is 435 g/mol. The predicted molar refractivity (Wildman–Crippen MR) is 117 cm³/mol. The molecule has 4 nitrogen and oxygen atoms in total. The van der Waals surface area contributed by atoms with Crippen molar-refractivity contribution in [3.63, 3.8) is 0 Å². The number of ether oxygens (including phenoxy) is 1. The molecule has 0 saturated carbocycles. The van der Waals surface area contributed by atoms with Gasteiger partial charge in [-0.05, 0) is 24.3 Å². The number of imidazole rings is 1. The smallest absolute Gasteiger partial charge is 0.166 e. The van der Waals surface area contributed by atoms with Gasteiger partial charge in [-0.15, -0.1) is 0 Å². The van der Waals surface area contributed by atoms with Crippen molar-refractivity contribution >= 4 is 35.0 Å². The van der Waals surface area contributed by atoms with Crippen LogP contribution in [0.4, 0.5) is 0 Å². The van der Waals surface area contributed by atoms with Gasteiger partial charge in [0.05, 0.1) is 36.9 Å². The van der Waals surface area contributed by atoms with Crippen LogP contribution in [0.1, 0.15) is 0 Å². The number of halogens is 2. The number of hydrogen-bond donors (Lipinski definition) is 2. The van der Waals surface area contributed by atoms with E-state index < -0.39 is 0 Å². The molecule has 1 saturated heterocycles. The van der Waals surface area contributed by atoms with Gasteiger partial charge in [0.2, 0.25) is 0 Å². The minimum Gasteiger partial charge on any atom is -0.370 e. The molecule has 0 unspecified atom stereocenters. The summed E-state index contributed by atoms with van der Waals surface area (Å²) in [5.41, 5.74) is 4.03. The zero-order valence-corrected chi connectivity index (χ0v) is 17.7. The van der Waals surface area contributed by atoms with Crippen molar-refractivity contribution in [1.82, 2.24) is 9.97 Å². The quantitative estimate of drug-likeness (QED) is 0.574. The maximum atomic E-state index is 6.07. The topological polar surface area (TPSA) is 42.4 Å². The lowest BCUT2D eigenvalue weighted by molar-refractivity contribution is -0.905. The zero-order chi connectivity index (χ0) is 19.3. The van der Waals surface area contributed by atoms with Crippen LogP contribution in [0.3, 0.4) is 0 Å². The van der Waals surface area contributed by atoms with Crippen molar-refractivity contribution in [3.05, 3.63) is 58.6 Å². The van der Waals surface area contributed by atoms with E-state index in [1.165, 1.54) is 0 Å². The van der Waals surface area contributed by atoms with Gasteiger partial charge in [-0.2, -0.15) is 0 Å². The Balaban J connectivity index is 1.56. The average Bonchev–Trinajstić information content (AvgIpc) is 3.14. The summed E-state index contributed by atoms with van der Waals surface area (Å²) in [6, 6.07) is 15.6. The third-order valence-corrected chi connectivity index (χ3v) is 6.21. The first-order chi connectivity index (χ1) is 13.7. The summed E-state index contributed by atoms with van der Waals surface area (Å²) in [7, 11) is 0. The molecule has 1 aliphatic rings. The normalized spacial score (nSPS) is 15.1. The number of nitrogens with one attached hydrogen (secondary N) is 2. The Bertz CT molecular complexity index is 843. The monoisotopic (exact) mass is 434 g/mol. The van der Waals surface area contributed by atoms with Gasteiger partial charge in [-0.3, -0.25) is 0 Å². The predicted octanol–water partition coefficient (Wildman–Crippen LogP) is 4.06. The van der Waals surface area contributed by atoms with E-state index in [1.807, 2.05) is 48.5 Å². The van der Waals surface area contributed by atoms with Crippen LogP contribution in [0.5, 0.6) is 0 Å². The molecule has 0 aliphatic carbocycles. The lowest BCUT2D eigenvalue weighted by Gasteiger charge is -2.23. The number of benzene rings is 2. The zero-order valence-electron chi connectivity index (χ0n) is 15.4. The van der Waals surface area contributed by atoms with Crippen LogP contribution in [0.25, 0.3) is 22.5 Å². The standard InChI is InChI=1S/C21H21Cl2N3OS/c22-17-5-1-15(2-6-17)19-20(16-3-7-18(23)8-4-16)25-21(24-19)28-14-11-26-9-12-27-13-10-26/h1-8H,9-14H2,(H,24,25)/p+1. The van der Waals surface area contributed by atoms with Crippen molar-refractivity contribution in [1.29, 1.82) is 0 Å². The van der Waals surface area contributed by atoms with Crippen LogP contribution >= 0.6 is 35.0 Å². The molecule has 7 heteroatoms. The summed E-state index contributed by atoms with van der Waals surface area (Å²) in [5, 5.41) is 2.37. The Labute approximate surface area is 179 Å². The maximum absolute atomic E-state index is 6.07. The van der Waals surface area contributed by atoms with Crippen LogP contribution < -0.4 is 4.90 Å². The number of nitrogens with zero attached hydrogens (tertiary/aromatic N) is 1. The second kappa shape index (κ2) is 9.33. The fourth-order valence-electron chi connectivity index (χ4n) is 3.26. The fraction of sp³-hybridized carbons (Fsp3) is 0.286. The largest absolute Gasteiger partial charge is 0.370 e. The molecule has 1 aromatic heterocycles. The van der Waals surface area contributed by atoms with E-state index in [9.17, 15) is 0 Å². The van der Waals surface area contributed by atoms with Crippen LogP contribution in [0, 0.1) is 0 Å². The Morgan fingerprint density at radius 1 is 0.929 bits per heavy atom. The summed E-state index contributed by atoms with van der Waals surface area (Å²) < 4.78 is 5.43. The first kappa shape index (κ1) is 19.8. The van der Waals surface area contributed by atoms with Crippen LogP contribution in [0.2, 0.25) is 10.0 Å². The van der Waals surface area contributed by atoms with Crippen molar-refractivity contribution in [2.24, 2.45) is 0 Å². The third-order valence-electron chi connectivity index (χ3n) is 4.83. The number of H-pyrrole nitrogens is 1. The molecule has 2 heterocycles. The summed E-state index contributed by atoms with van der Waals surface area (Å²) in [4.78, 5) is 10.00. The van der Waals surface area contributed by atoms with E-state index in [1.54, 1.807) is 16.7 Å². The molecule has 0 amide bonds. The van der Waals surface area contributed by atoms with Gasteiger partial charge in [0, 0.05) is 21.2 Å². The second-order valence-electron chi connectivity index (χ2n) is 6.74. The Hall–Kier alpha value is -1.50. The van der Waals surface area contributed by atoms with E-state index in [0.29, 0.717) is 0 Å². The molecule has 0 radical (unpaired) electrons. The first-order valence-electron chi connectivity index (χ1n) is 9.35. The SMILES string of the molecule is Clc1ccc(-c2nc(SCC[NH+]3CCOCC3)[nH]c2-c2ccc(Cl)cc2)cc1. The summed E-state index contributed by atoms with van der Waals surface area (Å²) in [6.45, 7) is 5.02. The number of morpholine rings is 1. The summed E-state index contributed by atoms with van der Waals surface area (Å²) in [5.74, 6) is 1.02. The van der Waals surface area contributed by atoms with Gasteiger partial charge in [0.25, 0.3) is 0 Å². The first-order valence-corrected chi connectivity index (χ1v) is 11.1. The van der Waals surface area contributed by atoms with Gasteiger partial charge in [-0.25, -0.2) is 4.98 Å². The van der Waals surface area contributed by atoms with Crippen molar-refractivity contribution < 1.29 is 9.64 Å². The molecule has 1 fully saturated rings. The van der Waals surface area contributed by atoms with Crippen molar-refractivity contribution in [2.75, 3.05) is 38.6 Å². The van der Waals surface area contributed by atoms with Gasteiger partial charge in [0.1, 0.15) is 13.1 Å². The third kappa shape index (κ3) is 4.91. The minimum absolute atomic E-state index is 0.718. The molecule has 4 rings (SSSR count). The van der Waals surface area contributed by atoms with Gasteiger partial charge in [0.15, 0.2) is 5.16 Å². The molecule has 146 valence electrons. The lowest BCUT2D eigenvalue weighted by atomic mass is 10.1. The van der Waals surface area contributed by atoms with E-state index >= 15 is 0 Å². The lowest BCUT2D eigenvalue weighted by Crippen LogP contribution is -3.14. The van der Waals surface area contributed by atoms with Crippen molar-refractivity contribution in [2.45, 2.75) is 5.16 Å². The molecule has 2 N–H and O–H groups in total. The van der Waals surface area contributed by atoms with E-state index in [0.717, 1.165) is 76.3 Å². The molecule has 28 heavy (non-hydrogen) atoms. The number of aromatic amines is 1. The summed E-state index contributed by atoms with van der Waals surface area (Å²) >= 11 is 13.9. The highest BCUT2D eigenvalue weighted by Crippen LogP contribution is 2.33. The number of hydrogen-bond acceptors (Lipinski definition) is 3.